The fourth-order valence-electron chi connectivity index (χ4n) is 2.28. The first-order chi connectivity index (χ1) is 11.0. The molecule has 0 unspecified atom stereocenters. The molecular weight excluding hydrogens is 296 g/mol. The number of benzene rings is 1. The number of amides is 2. The van der Waals surface area contributed by atoms with Crippen LogP contribution in [0.3, 0.4) is 0 Å². The van der Waals surface area contributed by atoms with Crippen molar-refractivity contribution in [3.05, 3.63) is 23.8 Å². The number of carbonyl (C=O) groups excluding carboxylic acids is 2. The third-order valence-corrected chi connectivity index (χ3v) is 3.91. The van der Waals surface area contributed by atoms with Gasteiger partial charge in [-0.25, -0.2) is 0 Å². The van der Waals surface area contributed by atoms with Crippen molar-refractivity contribution in [2.45, 2.75) is 32.2 Å². The molecule has 0 spiro atoms. The first-order valence-electron chi connectivity index (χ1n) is 7.50. The van der Waals surface area contributed by atoms with E-state index < -0.39 is 5.54 Å². The zero-order valence-corrected chi connectivity index (χ0v) is 13.3. The summed E-state index contributed by atoms with van der Waals surface area (Å²) in [6, 6.07) is 4.86. The van der Waals surface area contributed by atoms with Gasteiger partial charge in [-0.1, -0.05) is 19.8 Å². The molecule has 0 aliphatic carbocycles. The molecular formula is C17H20N2O4. The maximum absolute atomic E-state index is 12.1. The molecule has 0 atom stereocenters. The highest BCUT2D eigenvalue weighted by atomic mass is 16.7. The van der Waals surface area contributed by atoms with Crippen LogP contribution in [0.2, 0.25) is 0 Å². The van der Waals surface area contributed by atoms with Gasteiger partial charge in [0.05, 0.1) is 6.54 Å². The maximum atomic E-state index is 12.1. The van der Waals surface area contributed by atoms with E-state index in [-0.39, 0.29) is 25.2 Å². The average molecular weight is 316 g/mol. The highest BCUT2D eigenvalue weighted by Gasteiger charge is 2.25. The van der Waals surface area contributed by atoms with Crippen molar-refractivity contribution in [1.29, 1.82) is 0 Å². The fraction of sp³-hybridized carbons (Fsp3) is 0.412. The summed E-state index contributed by atoms with van der Waals surface area (Å²) in [7, 11) is 0. The second-order valence-corrected chi connectivity index (χ2v) is 5.23. The van der Waals surface area contributed by atoms with Crippen molar-refractivity contribution in [3.8, 4) is 23.8 Å². The van der Waals surface area contributed by atoms with Gasteiger partial charge in [-0.2, -0.15) is 0 Å². The maximum Gasteiger partial charge on any atom is 0.251 e. The lowest BCUT2D eigenvalue weighted by molar-refractivity contribution is -0.121. The Balaban J connectivity index is 1.92. The van der Waals surface area contributed by atoms with Gasteiger partial charge in [0.2, 0.25) is 12.7 Å². The summed E-state index contributed by atoms with van der Waals surface area (Å²) in [6.07, 6.45) is 6.75. The molecule has 0 saturated carbocycles. The van der Waals surface area contributed by atoms with E-state index in [0.717, 1.165) is 0 Å². The molecule has 2 rings (SSSR count). The van der Waals surface area contributed by atoms with E-state index in [1.807, 2.05) is 13.8 Å². The van der Waals surface area contributed by atoms with Crippen molar-refractivity contribution in [2.75, 3.05) is 13.3 Å². The number of terminal acetylenes is 1. The van der Waals surface area contributed by atoms with E-state index in [1.54, 1.807) is 18.2 Å². The largest absolute Gasteiger partial charge is 0.454 e. The Morgan fingerprint density at radius 2 is 1.96 bits per heavy atom. The molecule has 23 heavy (non-hydrogen) atoms. The van der Waals surface area contributed by atoms with Crippen LogP contribution in [-0.4, -0.2) is 30.7 Å². The molecule has 122 valence electrons. The van der Waals surface area contributed by atoms with E-state index in [1.165, 1.54) is 0 Å². The zero-order valence-electron chi connectivity index (χ0n) is 13.3. The van der Waals surface area contributed by atoms with Gasteiger partial charge in [0.15, 0.2) is 11.5 Å². The van der Waals surface area contributed by atoms with E-state index >= 15 is 0 Å². The number of fused-ring (bicyclic) bond motifs is 1. The van der Waals surface area contributed by atoms with Crippen LogP contribution >= 0.6 is 0 Å². The normalized spacial score (nSPS) is 12.4. The molecule has 2 N–H and O–H groups in total. The lowest BCUT2D eigenvalue weighted by Crippen LogP contribution is -2.50. The quantitative estimate of drug-likeness (QED) is 0.779. The number of ether oxygens (including phenoxy) is 2. The van der Waals surface area contributed by atoms with Gasteiger partial charge in [0.1, 0.15) is 5.54 Å². The molecule has 1 heterocycles. The smallest absolute Gasteiger partial charge is 0.251 e. The molecule has 0 bridgehead atoms. The second-order valence-electron chi connectivity index (χ2n) is 5.23. The van der Waals surface area contributed by atoms with Crippen molar-refractivity contribution < 1.29 is 19.1 Å². The molecule has 6 heteroatoms. The summed E-state index contributed by atoms with van der Waals surface area (Å²) >= 11 is 0. The van der Waals surface area contributed by atoms with Crippen LogP contribution in [0.15, 0.2) is 18.2 Å². The van der Waals surface area contributed by atoms with Gasteiger partial charge in [-0.05, 0) is 31.0 Å². The van der Waals surface area contributed by atoms with Gasteiger partial charge in [-0.3, -0.25) is 9.59 Å². The molecule has 6 nitrogen and oxygen atoms in total. The fourth-order valence-corrected chi connectivity index (χ4v) is 2.28. The Bertz CT molecular complexity index is 644. The Morgan fingerprint density at radius 3 is 2.61 bits per heavy atom. The average Bonchev–Trinajstić information content (AvgIpc) is 3.05. The Kier molecular flexibility index (Phi) is 5.12. The molecule has 0 fully saturated rings. The zero-order chi connectivity index (χ0) is 16.9. The van der Waals surface area contributed by atoms with Crippen molar-refractivity contribution in [1.82, 2.24) is 10.6 Å². The van der Waals surface area contributed by atoms with Crippen LogP contribution in [0.4, 0.5) is 0 Å². The minimum absolute atomic E-state index is 0.142. The van der Waals surface area contributed by atoms with Gasteiger partial charge < -0.3 is 20.1 Å². The van der Waals surface area contributed by atoms with Crippen LogP contribution in [-0.2, 0) is 4.79 Å². The number of nitrogens with one attached hydrogen (secondary N) is 2. The van der Waals surface area contributed by atoms with Crippen LogP contribution in [0.1, 0.15) is 37.0 Å². The number of rotatable bonds is 6. The number of hydrogen-bond donors (Lipinski definition) is 2. The van der Waals surface area contributed by atoms with Gasteiger partial charge in [0.25, 0.3) is 5.91 Å². The number of carbonyl (C=O) groups is 2. The predicted octanol–water partition coefficient (Wildman–Crippen LogP) is 1.45. The first kappa shape index (κ1) is 16.7. The Morgan fingerprint density at radius 1 is 1.26 bits per heavy atom. The highest BCUT2D eigenvalue weighted by Crippen LogP contribution is 2.32. The first-order valence-corrected chi connectivity index (χ1v) is 7.50. The molecule has 1 aromatic rings. The Hall–Kier alpha value is -2.68. The summed E-state index contributed by atoms with van der Waals surface area (Å²) in [5, 5.41) is 5.36. The molecule has 0 radical (unpaired) electrons. The molecule has 1 aromatic carbocycles. The summed E-state index contributed by atoms with van der Waals surface area (Å²) in [6.45, 7) is 3.82. The van der Waals surface area contributed by atoms with Gasteiger partial charge in [-0.15, -0.1) is 6.42 Å². The van der Waals surface area contributed by atoms with E-state index in [4.69, 9.17) is 15.9 Å². The molecule has 1 aliphatic heterocycles. The second kappa shape index (κ2) is 7.05. The Labute approximate surface area is 135 Å². The summed E-state index contributed by atoms with van der Waals surface area (Å²) in [5.41, 5.74) is -0.267. The highest BCUT2D eigenvalue weighted by molar-refractivity contribution is 5.97. The molecule has 0 saturated heterocycles. The summed E-state index contributed by atoms with van der Waals surface area (Å²) in [5.74, 6) is 3.06. The minimum atomic E-state index is -0.666. The van der Waals surface area contributed by atoms with E-state index in [2.05, 4.69) is 16.6 Å². The third kappa shape index (κ3) is 3.75. The van der Waals surface area contributed by atoms with Crippen molar-refractivity contribution in [3.63, 3.8) is 0 Å². The van der Waals surface area contributed by atoms with Crippen LogP contribution in [0.25, 0.3) is 0 Å². The SMILES string of the molecule is C#CC(CC)(CC)NC(=O)CNC(=O)c1ccc2c(c1)OCO2. The monoisotopic (exact) mass is 316 g/mol. The van der Waals surface area contributed by atoms with Gasteiger partial charge in [0, 0.05) is 5.56 Å². The third-order valence-electron chi connectivity index (χ3n) is 3.91. The lowest BCUT2D eigenvalue weighted by atomic mass is 9.94. The lowest BCUT2D eigenvalue weighted by Gasteiger charge is -2.27. The number of hydrogen-bond acceptors (Lipinski definition) is 4. The van der Waals surface area contributed by atoms with Crippen molar-refractivity contribution in [2.24, 2.45) is 0 Å². The standard InChI is InChI=1S/C17H20N2O4/c1-4-17(5-2,6-3)19-15(20)10-18-16(21)12-7-8-13-14(9-12)23-11-22-13/h1,7-9H,5-6,10-11H2,2-3H3,(H,18,21)(H,19,20). The van der Waals surface area contributed by atoms with E-state index in [0.29, 0.717) is 29.9 Å². The van der Waals surface area contributed by atoms with Gasteiger partial charge >= 0.3 is 0 Å². The predicted molar refractivity (Wildman–Crippen MR) is 85.2 cm³/mol. The topological polar surface area (TPSA) is 76.7 Å². The molecule has 2 amide bonds. The van der Waals surface area contributed by atoms with E-state index in [9.17, 15) is 9.59 Å². The van der Waals surface area contributed by atoms with Crippen molar-refractivity contribution >= 4 is 11.8 Å². The summed E-state index contributed by atoms with van der Waals surface area (Å²) in [4.78, 5) is 24.1. The van der Waals surface area contributed by atoms with Crippen LogP contribution in [0, 0.1) is 12.3 Å². The minimum Gasteiger partial charge on any atom is -0.454 e. The van der Waals surface area contributed by atoms with Crippen LogP contribution < -0.4 is 20.1 Å². The molecule has 1 aliphatic rings. The van der Waals surface area contributed by atoms with Crippen LogP contribution in [0.5, 0.6) is 11.5 Å². The summed E-state index contributed by atoms with van der Waals surface area (Å²) < 4.78 is 10.4. The molecule has 0 aromatic heterocycles.